The van der Waals surface area contributed by atoms with Crippen molar-refractivity contribution in [1.29, 1.82) is 0 Å². The van der Waals surface area contributed by atoms with Crippen molar-refractivity contribution in [3.05, 3.63) is 118 Å². The first kappa shape index (κ1) is 23.4. The van der Waals surface area contributed by atoms with Gasteiger partial charge in [0.05, 0.1) is 5.69 Å². The maximum Gasteiger partial charge on any atom is 0.356 e. The molecule has 5 rings (SSSR count). The molecule has 1 saturated heterocycles. The lowest BCUT2D eigenvalue weighted by atomic mass is 10.0. The normalized spacial score (nSPS) is 19.6. The average Bonchev–Trinajstić information content (AvgIpc) is 2.92. The fraction of sp³-hybridized carbons (Fsp3) is 0.148. The van der Waals surface area contributed by atoms with Gasteiger partial charge in [-0.25, -0.2) is 4.79 Å². The molecule has 176 valence electrons. The van der Waals surface area contributed by atoms with Crippen LogP contribution in [0.3, 0.4) is 0 Å². The second-order valence-electron chi connectivity index (χ2n) is 7.99. The molecule has 0 spiro atoms. The van der Waals surface area contributed by atoms with Crippen LogP contribution in [-0.2, 0) is 14.3 Å². The van der Waals surface area contributed by atoms with Gasteiger partial charge in [0.2, 0.25) is 5.91 Å². The fourth-order valence-electron chi connectivity index (χ4n) is 3.98. The van der Waals surface area contributed by atoms with Gasteiger partial charge in [-0.2, -0.15) is 0 Å². The topological polar surface area (TPSA) is 85.5 Å². The van der Waals surface area contributed by atoms with Crippen LogP contribution in [0.2, 0.25) is 0 Å². The van der Waals surface area contributed by atoms with Gasteiger partial charge in [-0.1, -0.05) is 78.5 Å². The van der Waals surface area contributed by atoms with Crippen molar-refractivity contribution in [2.75, 3.05) is 5.75 Å². The van der Waals surface area contributed by atoms with Gasteiger partial charge in [-0.15, -0.1) is 11.8 Å². The molecule has 3 heterocycles. The summed E-state index contributed by atoms with van der Waals surface area (Å²) >= 11 is 2.95. The number of amides is 1. The Morgan fingerprint density at radius 3 is 2.34 bits per heavy atom. The number of aromatic nitrogens is 1. The number of carbonyl (C=O) groups is 2. The number of ether oxygens (including phenoxy) is 1. The molecule has 0 radical (unpaired) electrons. The molecule has 2 aromatic carbocycles. The predicted octanol–water partition coefficient (Wildman–Crippen LogP) is 4.57. The maximum atomic E-state index is 13.7. The summed E-state index contributed by atoms with van der Waals surface area (Å²) in [6.45, 7) is 0. The number of hydrogen-bond acceptors (Lipinski definition) is 7. The van der Waals surface area contributed by atoms with Crippen molar-refractivity contribution in [3.63, 3.8) is 0 Å². The van der Waals surface area contributed by atoms with Crippen molar-refractivity contribution in [3.8, 4) is 0 Å². The van der Waals surface area contributed by atoms with Crippen molar-refractivity contribution in [2.24, 2.45) is 5.73 Å². The predicted molar refractivity (Wildman–Crippen MR) is 140 cm³/mol. The van der Waals surface area contributed by atoms with Crippen LogP contribution in [0.5, 0.6) is 0 Å². The molecule has 35 heavy (non-hydrogen) atoms. The molecule has 1 fully saturated rings. The maximum absolute atomic E-state index is 13.7. The van der Waals surface area contributed by atoms with E-state index in [1.807, 2.05) is 90.3 Å². The Bertz CT molecular complexity index is 1230. The molecule has 3 aromatic rings. The van der Waals surface area contributed by atoms with Crippen LogP contribution in [0.25, 0.3) is 6.08 Å². The summed E-state index contributed by atoms with van der Waals surface area (Å²) in [5.41, 5.74) is 8.81. The average molecular weight is 502 g/mol. The zero-order valence-corrected chi connectivity index (χ0v) is 20.3. The van der Waals surface area contributed by atoms with Gasteiger partial charge in [0.25, 0.3) is 0 Å². The number of carbonyl (C=O) groups excluding carboxylic acids is 2. The Balaban J connectivity index is 1.46. The van der Waals surface area contributed by atoms with Crippen LogP contribution < -0.4 is 5.73 Å². The Labute approximate surface area is 212 Å². The van der Waals surface area contributed by atoms with E-state index in [2.05, 4.69) is 4.98 Å². The number of thioether (sulfide) groups is 2. The Morgan fingerprint density at radius 1 is 1.06 bits per heavy atom. The highest BCUT2D eigenvalue weighted by Gasteiger charge is 2.52. The van der Waals surface area contributed by atoms with Gasteiger partial charge in [-0.3, -0.25) is 14.7 Å². The molecule has 6 nitrogen and oxygen atoms in total. The Hall–Kier alpha value is -3.33. The second-order valence-corrected chi connectivity index (χ2v) is 10.1. The van der Waals surface area contributed by atoms with Gasteiger partial charge in [-0.05, 0) is 34.7 Å². The van der Waals surface area contributed by atoms with E-state index >= 15 is 0 Å². The molecule has 2 aliphatic rings. The molecule has 1 aromatic heterocycles. The molecule has 1 amide bonds. The highest BCUT2D eigenvalue weighted by molar-refractivity contribution is 8.08. The summed E-state index contributed by atoms with van der Waals surface area (Å²) in [4.78, 5) is 32.9. The highest BCUT2D eigenvalue weighted by atomic mass is 32.2. The SMILES string of the molecule is NC1C(=O)N2C(C(=O)OC(c3ccccc3)c3ccccc3)=C(S/C=C\c3ccccn3)CS[C@H]12. The molecule has 1 unspecified atom stereocenters. The van der Waals surface area contributed by atoms with E-state index < -0.39 is 18.1 Å². The van der Waals surface area contributed by atoms with Gasteiger partial charge >= 0.3 is 5.97 Å². The minimum Gasteiger partial charge on any atom is -0.448 e. The largest absolute Gasteiger partial charge is 0.448 e. The van der Waals surface area contributed by atoms with E-state index in [0.29, 0.717) is 5.75 Å². The summed E-state index contributed by atoms with van der Waals surface area (Å²) in [5.74, 6) is -0.246. The fourth-order valence-corrected chi connectivity index (χ4v) is 6.26. The Kier molecular flexibility index (Phi) is 7.03. The van der Waals surface area contributed by atoms with Gasteiger partial charge in [0, 0.05) is 16.9 Å². The lowest BCUT2D eigenvalue weighted by Crippen LogP contribution is -2.68. The first-order valence-corrected chi connectivity index (χ1v) is 13.0. The van der Waals surface area contributed by atoms with Crippen LogP contribution in [0, 0.1) is 0 Å². The first-order valence-electron chi connectivity index (χ1n) is 11.1. The molecular weight excluding hydrogens is 478 g/mol. The summed E-state index contributed by atoms with van der Waals surface area (Å²) in [7, 11) is 0. The standard InChI is InChI=1S/C27H23N3O3S2/c28-22-25(31)30-23(21(17-35-26(22)30)34-16-14-20-13-7-8-15-29-20)27(32)33-24(18-9-3-1-4-10-18)19-11-5-2-6-12-19/h1-16,22,24,26H,17,28H2/b16-14-/t22?,26-/m1/s1. The summed E-state index contributed by atoms with van der Waals surface area (Å²) in [6.07, 6.45) is 2.99. The first-order chi connectivity index (χ1) is 17.1. The third-order valence-corrected chi connectivity index (χ3v) is 8.11. The van der Waals surface area contributed by atoms with E-state index in [-0.39, 0.29) is 17.0 Å². The van der Waals surface area contributed by atoms with E-state index in [0.717, 1.165) is 21.7 Å². The molecule has 0 aliphatic carbocycles. The molecule has 2 aliphatic heterocycles. The molecule has 2 atom stereocenters. The lowest BCUT2D eigenvalue weighted by molar-refractivity contribution is -0.152. The lowest BCUT2D eigenvalue weighted by Gasteiger charge is -2.48. The summed E-state index contributed by atoms with van der Waals surface area (Å²) < 4.78 is 6.10. The number of hydrogen-bond donors (Lipinski definition) is 1. The third kappa shape index (κ3) is 4.91. The minimum absolute atomic E-state index is 0.263. The molecule has 8 heteroatoms. The molecule has 0 bridgehead atoms. The second kappa shape index (κ2) is 10.5. The molecule has 2 N–H and O–H groups in total. The summed E-state index contributed by atoms with van der Waals surface area (Å²) in [6, 6.07) is 24.2. The third-order valence-electron chi connectivity index (χ3n) is 5.73. The van der Waals surface area contributed by atoms with Gasteiger partial charge in [0.1, 0.15) is 17.1 Å². The quantitative estimate of drug-likeness (QED) is 0.375. The van der Waals surface area contributed by atoms with E-state index in [1.54, 1.807) is 18.0 Å². The van der Waals surface area contributed by atoms with Gasteiger partial charge < -0.3 is 10.5 Å². The molecular formula is C27H23N3O3S2. The van der Waals surface area contributed by atoms with Crippen LogP contribution in [0.15, 0.2) is 101 Å². The number of nitrogens with two attached hydrogens (primary N) is 1. The van der Waals surface area contributed by atoms with Crippen molar-refractivity contribution >= 4 is 41.5 Å². The highest BCUT2D eigenvalue weighted by Crippen LogP contribution is 2.44. The Morgan fingerprint density at radius 2 is 1.71 bits per heavy atom. The zero-order chi connectivity index (χ0) is 24.2. The van der Waals surface area contributed by atoms with Crippen molar-refractivity contribution in [1.82, 2.24) is 9.88 Å². The van der Waals surface area contributed by atoms with Crippen molar-refractivity contribution < 1.29 is 14.3 Å². The molecule has 0 saturated carbocycles. The number of rotatable bonds is 7. The van der Waals surface area contributed by atoms with Crippen LogP contribution in [0.1, 0.15) is 22.9 Å². The van der Waals surface area contributed by atoms with Gasteiger partial charge in [0.15, 0.2) is 6.10 Å². The zero-order valence-electron chi connectivity index (χ0n) is 18.7. The van der Waals surface area contributed by atoms with E-state index in [9.17, 15) is 9.59 Å². The summed E-state index contributed by atoms with van der Waals surface area (Å²) in [5, 5.41) is 1.61. The van der Waals surface area contributed by atoms with E-state index in [4.69, 9.17) is 10.5 Å². The van der Waals surface area contributed by atoms with Crippen molar-refractivity contribution in [2.45, 2.75) is 17.5 Å². The number of esters is 1. The number of pyridine rings is 1. The van der Waals surface area contributed by atoms with Crippen LogP contribution in [-0.4, -0.2) is 38.9 Å². The smallest absolute Gasteiger partial charge is 0.356 e. The number of fused-ring (bicyclic) bond motifs is 1. The number of benzene rings is 2. The number of β-lactam (4-membered cyclic amide) rings is 1. The van der Waals surface area contributed by atoms with Crippen LogP contribution >= 0.6 is 23.5 Å². The number of nitrogens with zero attached hydrogens (tertiary/aromatic N) is 2. The monoisotopic (exact) mass is 501 g/mol. The minimum atomic E-state index is -0.613. The van der Waals surface area contributed by atoms with Crippen LogP contribution in [0.4, 0.5) is 0 Å². The van der Waals surface area contributed by atoms with E-state index in [1.165, 1.54) is 16.7 Å².